The van der Waals surface area contributed by atoms with Gasteiger partial charge in [0.15, 0.2) is 0 Å². The zero-order chi connectivity index (χ0) is 28.8. The number of ether oxygens (including phenoxy) is 1. The molecule has 1 heterocycles. The number of nitrogens with zero attached hydrogens (tertiary/aromatic N) is 2. The van der Waals surface area contributed by atoms with Crippen molar-refractivity contribution in [1.82, 2.24) is 9.97 Å². The van der Waals surface area contributed by atoms with Crippen LogP contribution in [0.5, 0.6) is 11.5 Å². The Hall–Kier alpha value is -4.43. The quantitative estimate of drug-likeness (QED) is 0.172. The van der Waals surface area contributed by atoms with Crippen molar-refractivity contribution in [1.29, 1.82) is 0 Å². The zero-order valence-electron chi connectivity index (χ0n) is 23.5. The number of hydrogen-bond acceptors (Lipinski definition) is 7. The maximum atomic E-state index is 11.6. The highest BCUT2D eigenvalue weighted by atomic mass is 32.2. The van der Waals surface area contributed by atoms with Crippen LogP contribution in [0.3, 0.4) is 0 Å². The molecule has 210 valence electrons. The number of aromatic nitrogens is 2. The first-order valence-corrected chi connectivity index (χ1v) is 15.8. The van der Waals surface area contributed by atoms with Gasteiger partial charge in [0.05, 0.1) is 11.3 Å². The largest absolute Gasteiger partial charge is 0.457 e. The van der Waals surface area contributed by atoms with E-state index in [2.05, 4.69) is 58.7 Å². The molecule has 41 heavy (non-hydrogen) atoms. The number of fused-ring (bicyclic) bond motifs is 1. The second-order valence-corrected chi connectivity index (χ2v) is 12.2. The van der Waals surface area contributed by atoms with Crippen molar-refractivity contribution < 1.29 is 13.2 Å². The molecular formula is C33H34N4O3S. The Kier molecular flexibility index (Phi) is 8.50. The maximum Gasteiger partial charge on any atom is 0.149 e. The predicted octanol–water partition coefficient (Wildman–Crippen LogP) is 7.41. The molecule has 0 aliphatic carbocycles. The molecule has 0 radical (unpaired) electrons. The van der Waals surface area contributed by atoms with Crippen LogP contribution in [-0.2, 0) is 22.7 Å². The van der Waals surface area contributed by atoms with E-state index in [4.69, 9.17) is 4.74 Å². The first-order valence-electron chi connectivity index (χ1n) is 13.8. The van der Waals surface area contributed by atoms with Crippen LogP contribution in [0.4, 0.5) is 17.2 Å². The Morgan fingerprint density at radius 1 is 0.805 bits per heavy atom. The summed E-state index contributed by atoms with van der Waals surface area (Å²) < 4.78 is 29.1. The second kappa shape index (κ2) is 12.4. The third kappa shape index (κ3) is 6.84. The van der Waals surface area contributed by atoms with Gasteiger partial charge in [-0.15, -0.1) is 0 Å². The molecule has 5 aromatic rings. The molecule has 0 atom stereocenters. The lowest BCUT2D eigenvalue weighted by atomic mass is 9.90. The van der Waals surface area contributed by atoms with E-state index in [1.807, 2.05) is 60.7 Å². The lowest BCUT2D eigenvalue weighted by Crippen LogP contribution is -2.15. The summed E-state index contributed by atoms with van der Waals surface area (Å²) in [5.41, 5.74) is 7.41. The highest BCUT2D eigenvalue weighted by molar-refractivity contribution is 7.90. The highest BCUT2D eigenvalue weighted by Crippen LogP contribution is 2.35. The van der Waals surface area contributed by atoms with Crippen LogP contribution in [-0.4, -0.2) is 36.9 Å². The van der Waals surface area contributed by atoms with Crippen molar-refractivity contribution in [2.75, 3.05) is 29.2 Å². The van der Waals surface area contributed by atoms with Gasteiger partial charge in [-0.3, -0.25) is 0 Å². The molecule has 7 nitrogen and oxygen atoms in total. The molecule has 0 saturated carbocycles. The van der Waals surface area contributed by atoms with Crippen molar-refractivity contribution in [2.24, 2.45) is 0 Å². The predicted molar refractivity (Wildman–Crippen MR) is 168 cm³/mol. The molecule has 5 rings (SSSR count). The summed E-state index contributed by atoms with van der Waals surface area (Å²) in [7, 11) is -3.03. The zero-order valence-corrected chi connectivity index (χ0v) is 24.3. The first kappa shape index (κ1) is 28.1. The minimum atomic E-state index is -3.03. The Morgan fingerprint density at radius 2 is 1.54 bits per heavy atom. The van der Waals surface area contributed by atoms with E-state index in [9.17, 15) is 8.42 Å². The van der Waals surface area contributed by atoms with Crippen LogP contribution in [0.2, 0.25) is 0 Å². The molecule has 0 aliphatic rings. The normalized spacial score (nSPS) is 11.4. The van der Waals surface area contributed by atoms with Crippen LogP contribution in [0.15, 0.2) is 91.3 Å². The Morgan fingerprint density at radius 3 is 2.24 bits per heavy atom. The summed E-state index contributed by atoms with van der Waals surface area (Å²) in [5, 5.41) is 7.71. The van der Waals surface area contributed by atoms with E-state index >= 15 is 0 Å². The Labute approximate surface area is 241 Å². The number of rotatable bonds is 11. The van der Waals surface area contributed by atoms with Gasteiger partial charge in [-0.2, -0.15) is 0 Å². The molecule has 2 N–H and O–H groups in total. The molecule has 0 aliphatic heterocycles. The standard InChI is InChI=1S/C33H34N4O3S/c1-4-27-28(5-2)31(34-19-20-41(3,38)39)18-16-29(27)23-11-17-32-30(21-23)33(36-22-35-32)37-24-12-14-26(15-13-24)40-25-9-7-6-8-10-25/h6-18,21-22,34H,4-5,19-20H2,1-3H3,(H,35,36,37). The van der Waals surface area contributed by atoms with Crippen LogP contribution >= 0.6 is 0 Å². The highest BCUT2D eigenvalue weighted by Gasteiger charge is 2.15. The summed E-state index contributed by atoms with van der Waals surface area (Å²) in [6.07, 6.45) is 4.52. The fraction of sp³-hybridized carbons (Fsp3) is 0.212. The van der Waals surface area contributed by atoms with E-state index in [0.717, 1.165) is 63.6 Å². The van der Waals surface area contributed by atoms with E-state index in [0.29, 0.717) is 6.54 Å². The SMILES string of the molecule is CCc1c(NCCS(C)(=O)=O)ccc(-c2ccc3ncnc(Nc4ccc(Oc5ccccc5)cc4)c3c2)c1CC. The second-order valence-electron chi connectivity index (χ2n) is 9.90. The van der Waals surface area contributed by atoms with Gasteiger partial charge in [0.1, 0.15) is 33.5 Å². The fourth-order valence-electron chi connectivity index (χ4n) is 5.00. The third-order valence-electron chi connectivity index (χ3n) is 6.97. The number of anilines is 3. The van der Waals surface area contributed by atoms with Crippen molar-refractivity contribution in [3.05, 3.63) is 102 Å². The third-order valence-corrected chi connectivity index (χ3v) is 7.91. The Balaban J connectivity index is 1.43. The van der Waals surface area contributed by atoms with E-state index in [-0.39, 0.29) is 5.75 Å². The van der Waals surface area contributed by atoms with E-state index in [1.165, 1.54) is 17.4 Å². The van der Waals surface area contributed by atoms with E-state index in [1.54, 1.807) is 6.33 Å². The lowest BCUT2D eigenvalue weighted by Gasteiger charge is -2.19. The molecule has 0 saturated heterocycles. The molecule has 1 aromatic heterocycles. The van der Waals surface area contributed by atoms with Gasteiger partial charge in [-0.1, -0.05) is 44.2 Å². The van der Waals surface area contributed by atoms with Crippen LogP contribution in [0.1, 0.15) is 25.0 Å². The van der Waals surface area contributed by atoms with Gasteiger partial charge in [0.25, 0.3) is 0 Å². The number of hydrogen-bond donors (Lipinski definition) is 2. The summed E-state index contributed by atoms with van der Waals surface area (Å²) in [4.78, 5) is 9.05. The van der Waals surface area contributed by atoms with Crippen LogP contribution in [0.25, 0.3) is 22.0 Å². The topological polar surface area (TPSA) is 93.2 Å². The van der Waals surface area contributed by atoms with Gasteiger partial charge in [-0.05, 0) is 89.7 Å². The van der Waals surface area contributed by atoms with Gasteiger partial charge >= 0.3 is 0 Å². The molecule has 0 spiro atoms. The lowest BCUT2D eigenvalue weighted by molar-refractivity contribution is 0.483. The van der Waals surface area contributed by atoms with E-state index < -0.39 is 9.84 Å². The Bertz CT molecular complexity index is 1760. The summed E-state index contributed by atoms with van der Waals surface area (Å²) in [5.74, 6) is 2.37. The molecule has 0 amide bonds. The summed E-state index contributed by atoms with van der Waals surface area (Å²) in [6, 6.07) is 27.9. The number of nitrogens with one attached hydrogen (secondary N) is 2. The minimum absolute atomic E-state index is 0.0998. The number of para-hydroxylation sites is 1. The molecular weight excluding hydrogens is 532 g/mol. The van der Waals surface area contributed by atoms with Crippen molar-refractivity contribution in [3.8, 4) is 22.6 Å². The molecule has 4 aromatic carbocycles. The molecule has 0 fully saturated rings. The van der Waals surface area contributed by atoms with Crippen LogP contribution < -0.4 is 15.4 Å². The summed E-state index contributed by atoms with van der Waals surface area (Å²) in [6.45, 7) is 4.67. The van der Waals surface area contributed by atoms with Crippen molar-refractivity contribution in [2.45, 2.75) is 26.7 Å². The first-order chi connectivity index (χ1) is 19.8. The van der Waals surface area contributed by atoms with Crippen molar-refractivity contribution in [3.63, 3.8) is 0 Å². The van der Waals surface area contributed by atoms with Gasteiger partial charge in [0.2, 0.25) is 0 Å². The monoisotopic (exact) mass is 566 g/mol. The van der Waals surface area contributed by atoms with Gasteiger partial charge in [0, 0.05) is 29.6 Å². The fourth-order valence-corrected chi connectivity index (χ4v) is 5.47. The minimum Gasteiger partial charge on any atom is -0.457 e. The average molecular weight is 567 g/mol. The van der Waals surface area contributed by atoms with Gasteiger partial charge in [-0.25, -0.2) is 18.4 Å². The smallest absolute Gasteiger partial charge is 0.149 e. The number of benzene rings is 4. The maximum absolute atomic E-state index is 11.6. The molecule has 0 unspecified atom stereocenters. The van der Waals surface area contributed by atoms with Crippen molar-refractivity contribution >= 4 is 37.9 Å². The van der Waals surface area contributed by atoms with Gasteiger partial charge < -0.3 is 15.4 Å². The molecule has 8 heteroatoms. The summed E-state index contributed by atoms with van der Waals surface area (Å²) >= 11 is 0. The average Bonchev–Trinajstić information content (AvgIpc) is 2.97. The molecule has 0 bridgehead atoms. The van der Waals surface area contributed by atoms with Crippen LogP contribution in [0, 0.1) is 0 Å². The number of sulfone groups is 1.